The second-order valence-corrected chi connectivity index (χ2v) is 5.40. The number of piperidine rings is 1. The van der Waals surface area contributed by atoms with Crippen molar-refractivity contribution in [3.05, 3.63) is 22.2 Å². The molecule has 0 unspecified atom stereocenters. The van der Waals surface area contributed by atoms with Crippen molar-refractivity contribution in [2.24, 2.45) is 0 Å². The van der Waals surface area contributed by atoms with Crippen LogP contribution in [-0.2, 0) is 0 Å². The van der Waals surface area contributed by atoms with E-state index in [1.807, 2.05) is 4.90 Å². The maximum atomic E-state index is 12.4. The van der Waals surface area contributed by atoms with Crippen molar-refractivity contribution in [1.82, 2.24) is 4.90 Å². The molecule has 104 valence electrons. The summed E-state index contributed by atoms with van der Waals surface area (Å²) in [5.74, 6) is 1.23. The molecule has 1 fully saturated rings. The molecule has 1 aliphatic heterocycles. The quantitative estimate of drug-likeness (QED) is 0.856. The maximum absolute atomic E-state index is 12.4. The first-order valence-electron chi connectivity index (χ1n) is 6.38. The minimum Gasteiger partial charge on any atom is -0.493 e. The summed E-state index contributed by atoms with van der Waals surface area (Å²) in [6.07, 6.45) is 3.37. The van der Waals surface area contributed by atoms with Crippen LogP contribution < -0.4 is 9.47 Å². The highest BCUT2D eigenvalue weighted by Gasteiger charge is 2.21. The van der Waals surface area contributed by atoms with E-state index in [2.05, 4.69) is 15.9 Å². The molecular weight excluding hydrogens is 310 g/mol. The third-order valence-electron chi connectivity index (χ3n) is 3.32. The molecule has 1 aromatic carbocycles. The van der Waals surface area contributed by atoms with Crippen LogP contribution in [0.1, 0.15) is 29.6 Å². The van der Waals surface area contributed by atoms with Gasteiger partial charge in [0, 0.05) is 18.7 Å². The van der Waals surface area contributed by atoms with Gasteiger partial charge in [-0.25, -0.2) is 0 Å². The first-order valence-corrected chi connectivity index (χ1v) is 7.17. The van der Waals surface area contributed by atoms with Crippen LogP contribution in [0.15, 0.2) is 16.6 Å². The molecule has 0 radical (unpaired) electrons. The predicted octanol–water partition coefficient (Wildman–Crippen LogP) is 3.09. The number of carbonyl (C=O) groups is 1. The molecule has 5 heteroatoms. The molecule has 0 bridgehead atoms. The highest BCUT2D eigenvalue weighted by Crippen LogP contribution is 2.36. The van der Waals surface area contributed by atoms with E-state index in [0.717, 1.165) is 30.4 Å². The van der Waals surface area contributed by atoms with E-state index >= 15 is 0 Å². The molecule has 0 saturated carbocycles. The number of nitrogens with zero attached hydrogens (tertiary/aromatic N) is 1. The van der Waals surface area contributed by atoms with Crippen molar-refractivity contribution < 1.29 is 14.3 Å². The zero-order valence-corrected chi connectivity index (χ0v) is 12.8. The van der Waals surface area contributed by atoms with E-state index in [4.69, 9.17) is 9.47 Å². The van der Waals surface area contributed by atoms with E-state index in [1.165, 1.54) is 6.42 Å². The second kappa shape index (κ2) is 6.28. The Labute approximate surface area is 121 Å². The van der Waals surface area contributed by atoms with Crippen molar-refractivity contribution in [1.29, 1.82) is 0 Å². The summed E-state index contributed by atoms with van der Waals surface area (Å²) in [5.41, 5.74) is 0.631. The van der Waals surface area contributed by atoms with Crippen LogP contribution in [0.4, 0.5) is 0 Å². The molecule has 1 heterocycles. The molecule has 1 aliphatic rings. The van der Waals surface area contributed by atoms with E-state index < -0.39 is 0 Å². The summed E-state index contributed by atoms with van der Waals surface area (Å²) in [6.45, 7) is 1.68. The third-order valence-corrected chi connectivity index (χ3v) is 3.91. The average molecular weight is 328 g/mol. The molecule has 1 saturated heterocycles. The lowest BCUT2D eigenvalue weighted by Crippen LogP contribution is -2.35. The van der Waals surface area contributed by atoms with Gasteiger partial charge in [0.1, 0.15) is 0 Å². The van der Waals surface area contributed by atoms with Gasteiger partial charge in [0.2, 0.25) is 0 Å². The Morgan fingerprint density at radius 2 is 1.84 bits per heavy atom. The second-order valence-electron chi connectivity index (χ2n) is 4.55. The lowest BCUT2D eigenvalue weighted by molar-refractivity contribution is 0.0724. The molecule has 1 aromatic rings. The maximum Gasteiger partial charge on any atom is 0.254 e. The highest BCUT2D eigenvalue weighted by molar-refractivity contribution is 9.10. The van der Waals surface area contributed by atoms with E-state index in [-0.39, 0.29) is 5.91 Å². The number of amides is 1. The molecule has 4 nitrogen and oxygen atoms in total. The lowest BCUT2D eigenvalue weighted by Gasteiger charge is -2.27. The van der Waals surface area contributed by atoms with Gasteiger partial charge in [-0.2, -0.15) is 0 Å². The fourth-order valence-corrected chi connectivity index (χ4v) is 2.92. The lowest BCUT2D eigenvalue weighted by atomic mass is 10.1. The Morgan fingerprint density at radius 1 is 1.16 bits per heavy atom. The number of methoxy groups -OCH3 is 2. The topological polar surface area (TPSA) is 38.8 Å². The molecule has 0 N–H and O–H groups in total. The van der Waals surface area contributed by atoms with Gasteiger partial charge >= 0.3 is 0 Å². The van der Waals surface area contributed by atoms with Crippen LogP contribution in [0.25, 0.3) is 0 Å². The number of halogens is 1. The van der Waals surface area contributed by atoms with Crippen molar-refractivity contribution in [2.75, 3.05) is 27.3 Å². The molecule has 0 spiro atoms. The molecule has 0 aliphatic carbocycles. The van der Waals surface area contributed by atoms with Gasteiger partial charge in [-0.1, -0.05) is 0 Å². The largest absolute Gasteiger partial charge is 0.493 e. The minimum absolute atomic E-state index is 0.0568. The van der Waals surface area contributed by atoms with Gasteiger partial charge in [0.15, 0.2) is 11.5 Å². The minimum atomic E-state index is 0.0568. The number of ether oxygens (including phenoxy) is 2. The Bertz CT molecular complexity index is 470. The summed E-state index contributed by atoms with van der Waals surface area (Å²) in [4.78, 5) is 14.3. The summed E-state index contributed by atoms with van der Waals surface area (Å²) < 4.78 is 11.3. The smallest absolute Gasteiger partial charge is 0.254 e. The Kier molecular flexibility index (Phi) is 4.69. The highest BCUT2D eigenvalue weighted by atomic mass is 79.9. The van der Waals surface area contributed by atoms with Crippen LogP contribution in [0, 0.1) is 0 Å². The van der Waals surface area contributed by atoms with Gasteiger partial charge in [-0.05, 0) is 47.3 Å². The number of carbonyl (C=O) groups excluding carboxylic acids is 1. The summed E-state index contributed by atoms with van der Waals surface area (Å²) >= 11 is 3.42. The van der Waals surface area contributed by atoms with E-state index in [0.29, 0.717) is 17.1 Å². The van der Waals surface area contributed by atoms with Crippen LogP contribution in [0.2, 0.25) is 0 Å². The van der Waals surface area contributed by atoms with Gasteiger partial charge in [0.05, 0.1) is 18.7 Å². The Morgan fingerprint density at radius 3 is 2.42 bits per heavy atom. The van der Waals surface area contributed by atoms with Crippen molar-refractivity contribution >= 4 is 21.8 Å². The normalized spacial score (nSPS) is 15.2. The fourth-order valence-electron chi connectivity index (χ4n) is 2.32. The monoisotopic (exact) mass is 327 g/mol. The molecule has 1 amide bonds. The standard InChI is InChI=1S/C14H18BrNO3/c1-18-12-9-10(8-11(15)13(12)19-2)14(17)16-6-4-3-5-7-16/h8-9H,3-7H2,1-2H3. The predicted molar refractivity (Wildman–Crippen MR) is 77.0 cm³/mol. The number of benzene rings is 1. The van der Waals surface area contributed by atoms with Crippen LogP contribution in [0.3, 0.4) is 0 Å². The first kappa shape index (κ1) is 14.2. The van der Waals surface area contributed by atoms with Crippen LogP contribution in [-0.4, -0.2) is 38.1 Å². The molecule has 0 atom stereocenters. The number of hydrogen-bond acceptors (Lipinski definition) is 3. The van der Waals surface area contributed by atoms with Crippen molar-refractivity contribution in [2.45, 2.75) is 19.3 Å². The SMILES string of the molecule is COc1cc(C(=O)N2CCCCC2)cc(Br)c1OC. The van der Waals surface area contributed by atoms with Gasteiger partial charge in [0.25, 0.3) is 5.91 Å². The van der Waals surface area contributed by atoms with E-state index in [9.17, 15) is 4.79 Å². The van der Waals surface area contributed by atoms with E-state index in [1.54, 1.807) is 26.4 Å². The van der Waals surface area contributed by atoms with Crippen molar-refractivity contribution in [3.8, 4) is 11.5 Å². The Balaban J connectivity index is 2.29. The zero-order chi connectivity index (χ0) is 13.8. The molecule has 0 aromatic heterocycles. The van der Waals surface area contributed by atoms with Gasteiger partial charge < -0.3 is 14.4 Å². The van der Waals surface area contributed by atoms with Crippen LogP contribution in [0.5, 0.6) is 11.5 Å². The van der Waals surface area contributed by atoms with Gasteiger partial charge in [-0.3, -0.25) is 4.79 Å². The zero-order valence-electron chi connectivity index (χ0n) is 11.2. The average Bonchev–Trinajstić information content (AvgIpc) is 2.46. The van der Waals surface area contributed by atoms with Gasteiger partial charge in [-0.15, -0.1) is 0 Å². The summed E-state index contributed by atoms with van der Waals surface area (Å²) in [5, 5.41) is 0. The van der Waals surface area contributed by atoms with Crippen molar-refractivity contribution in [3.63, 3.8) is 0 Å². The summed E-state index contributed by atoms with van der Waals surface area (Å²) in [6, 6.07) is 3.53. The first-order chi connectivity index (χ1) is 9.17. The Hall–Kier alpha value is -1.23. The molecular formula is C14H18BrNO3. The third kappa shape index (κ3) is 3.03. The number of rotatable bonds is 3. The summed E-state index contributed by atoms with van der Waals surface area (Å²) in [7, 11) is 3.15. The molecule has 2 rings (SSSR count). The molecule has 19 heavy (non-hydrogen) atoms. The number of likely N-dealkylation sites (tertiary alicyclic amines) is 1. The van der Waals surface area contributed by atoms with Crippen LogP contribution >= 0.6 is 15.9 Å². The number of hydrogen-bond donors (Lipinski definition) is 0. The fraction of sp³-hybridized carbons (Fsp3) is 0.500.